The first-order valence-electron chi connectivity index (χ1n) is 6.82. The summed E-state index contributed by atoms with van der Waals surface area (Å²) in [6.45, 7) is 0. The Hall–Kier alpha value is -2.81. The summed E-state index contributed by atoms with van der Waals surface area (Å²) in [7, 11) is 0. The molecule has 1 aliphatic rings. The Balaban J connectivity index is 2.05. The molecule has 3 rings (SSSR count). The fraction of sp³-hybridized carbons (Fsp3) is 0. The molecule has 0 unspecified atom stereocenters. The van der Waals surface area contributed by atoms with Crippen molar-refractivity contribution in [3.05, 3.63) is 75.0 Å². The molecule has 1 aliphatic heterocycles. The van der Waals surface area contributed by atoms with Crippen molar-refractivity contribution in [2.24, 2.45) is 0 Å². The minimum atomic E-state index is -0.593. The van der Waals surface area contributed by atoms with Gasteiger partial charge in [-0.1, -0.05) is 35.3 Å². The van der Waals surface area contributed by atoms with Crippen LogP contribution in [0, 0.1) is 11.3 Å². The van der Waals surface area contributed by atoms with Crippen molar-refractivity contribution < 1.29 is 9.59 Å². The van der Waals surface area contributed by atoms with Gasteiger partial charge in [-0.3, -0.25) is 9.59 Å². The maximum Gasteiger partial charge on any atom is 0.258 e. The zero-order valence-corrected chi connectivity index (χ0v) is 13.6. The van der Waals surface area contributed by atoms with Crippen LogP contribution in [0.4, 0.5) is 5.69 Å². The van der Waals surface area contributed by atoms with Crippen molar-refractivity contribution in [3.8, 4) is 6.07 Å². The average molecular weight is 358 g/mol. The highest BCUT2D eigenvalue weighted by atomic mass is 35.5. The lowest BCUT2D eigenvalue weighted by molar-refractivity contribution is 0.0963. The number of hydrogen-bond acceptors (Lipinski definition) is 4. The van der Waals surface area contributed by atoms with Crippen LogP contribution in [-0.2, 0) is 0 Å². The second-order valence-electron chi connectivity index (χ2n) is 4.97. The van der Waals surface area contributed by atoms with E-state index in [1.807, 2.05) is 6.07 Å². The normalized spacial score (nSPS) is 14.8. The number of nitrogens with zero attached hydrogens (tertiary/aromatic N) is 1. The van der Waals surface area contributed by atoms with E-state index in [2.05, 4.69) is 10.6 Å². The average Bonchev–Trinajstić information content (AvgIpc) is 2.54. The van der Waals surface area contributed by atoms with E-state index < -0.39 is 11.7 Å². The number of Topliss-reactive ketones (excluding diaryl/α,β-unsaturated/α-hetero) is 1. The predicted molar refractivity (Wildman–Crippen MR) is 91.0 cm³/mol. The lowest BCUT2D eigenvalue weighted by Crippen LogP contribution is -2.34. The Morgan fingerprint density at radius 2 is 1.71 bits per heavy atom. The number of carbonyl (C=O) groups excluding carboxylic acids is 2. The van der Waals surface area contributed by atoms with Crippen molar-refractivity contribution >= 4 is 40.6 Å². The molecule has 2 N–H and O–H groups in total. The molecule has 0 radical (unpaired) electrons. The van der Waals surface area contributed by atoms with E-state index in [4.69, 9.17) is 23.2 Å². The Labute approximate surface area is 147 Å². The minimum absolute atomic E-state index is 0.0299. The summed E-state index contributed by atoms with van der Waals surface area (Å²) in [5, 5.41) is 15.4. The molecule has 0 fully saturated rings. The van der Waals surface area contributed by atoms with Crippen LogP contribution >= 0.6 is 23.2 Å². The summed E-state index contributed by atoms with van der Waals surface area (Å²) in [5.41, 5.74) is 0.861. The fourth-order valence-electron chi connectivity index (χ4n) is 2.31. The molecule has 0 saturated heterocycles. The lowest BCUT2D eigenvalue weighted by Gasteiger charge is -2.22. The number of carbonyl (C=O) groups is 2. The first-order chi connectivity index (χ1) is 11.5. The van der Waals surface area contributed by atoms with Crippen molar-refractivity contribution in [3.63, 3.8) is 0 Å². The second kappa shape index (κ2) is 6.36. The molecule has 2 aromatic rings. The summed E-state index contributed by atoms with van der Waals surface area (Å²) in [4.78, 5) is 24.7. The number of allylic oxidation sites excluding steroid dienone is 1. The van der Waals surface area contributed by atoms with Crippen LogP contribution < -0.4 is 10.6 Å². The Kier molecular flexibility index (Phi) is 4.26. The molecule has 7 heteroatoms. The first-order valence-corrected chi connectivity index (χ1v) is 7.58. The van der Waals surface area contributed by atoms with Gasteiger partial charge in [0.15, 0.2) is 0 Å². The van der Waals surface area contributed by atoms with E-state index in [0.717, 1.165) is 0 Å². The van der Waals surface area contributed by atoms with Gasteiger partial charge in [-0.25, -0.2) is 0 Å². The largest absolute Gasteiger partial charge is 0.340 e. The Bertz CT molecular complexity index is 925. The van der Waals surface area contributed by atoms with Crippen LogP contribution in [0.3, 0.4) is 0 Å². The van der Waals surface area contributed by atoms with Crippen molar-refractivity contribution in [2.75, 3.05) is 5.32 Å². The zero-order valence-electron chi connectivity index (χ0n) is 12.1. The van der Waals surface area contributed by atoms with Gasteiger partial charge in [-0.2, -0.15) is 5.26 Å². The predicted octanol–water partition coefficient (Wildman–Crippen LogP) is 3.77. The molecule has 0 saturated carbocycles. The standard InChI is InChI=1S/C17H9Cl2N3O2/c18-10-5-9(6-11(19)7-10)15(23)13(8-20)16-21-14-4-2-1-3-12(14)17(24)22-16/h1-7,21H,(H,22,24)/b16-13+. The third-order valence-electron chi connectivity index (χ3n) is 3.38. The highest BCUT2D eigenvalue weighted by Crippen LogP contribution is 2.25. The number of fused-ring (bicyclic) bond motifs is 1. The minimum Gasteiger partial charge on any atom is -0.340 e. The number of nitrogens with one attached hydrogen (secondary N) is 2. The summed E-state index contributed by atoms with van der Waals surface area (Å²) in [6.07, 6.45) is 0. The van der Waals surface area contributed by atoms with Crippen LogP contribution in [0.2, 0.25) is 10.0 Å². The monoisotopic (exact) mass is 357 g/mol. The number of hydrogen-bond donors (Lipinski definition) is 2. The number of amides is 1. The SMILES string of the molecule is N#C/C(C(=O)c1cc(Cl)cc(Cl)c1)=C1\NC(=O)c2ccccc2N1. The van der Waals surface area contributed by atoms with Crippen LogP contribution in [0.5, 0.6) is 0 Å². The molecular weight excluding hydrogens is 349 g/mol. The van der Waals surface area contributed by atoms with Crippen molar-refractivity contribution in [1.82, 2.24) is 5.32 Å². The van der Waals surface area contributed by atoms with Gasteiger partial charge >= 0.3 is 0 Å². The van der Waals surface area contributed by atoms with Gasteiger partial charge in [0, 0.05) is 15.6 Å². The molecule has 24 heavy (non-hydrogen) atoms. The highest BCUT2D eigenvalue weighted by molar-refractivity contribution is 6.35. The number of nitriles is 1. The second-order valence-corrected chi connectivity index (χ2v) is 5.85. The van der Waals surface area contributed by atoms with E-state index >= 15 is 0 Å². The number of halogens is 2. The number of rotatable bonds is 2. The van der Waals surface area contributed by atoms with Crippen molar-refractivity contribution in [1.29, 1.82) is 5.26 Å². The topological polar surface area (TPSA) is 82.0 Å². The van der Waals surface area contributed by atoms with E-state index in [1.54, 1.807) is 24.3 Å². The van der Waals surface area contributed by atoms with Gasteiger partial charge in [-0.05, 0) is 30.3 Å². The van der Waals surface area contributed by atoms with Crippen LogP contribution in [-0.4, -0.2) is 11.7 Å². The molecule has 0 bridgehead atoms. The smallest absolute Gasteiger partial charge is 0.258 e. The zero-order chi connectivity index (χ0) is 17.3. The number of para-hydroxylation sites is 1. The third kappa shape index (κ3) is 2.98. The molecule has 118 valence electrons. The molecule has 0 atom stereocenters. The molecule has 5 nitrogen and oxygen atoms in total. The summed E-state index contributed by atoms with van der Waals surface area (Å²) in [6, 6.07) is 12.9. The Morgan fingerprint density at radius 1 is 1.04 bits per heavy atom. The summed E-state index contributed by atoms with van der Waals surface area (Å²) < 4.78 is 0. The van der Waals surface area contributed by atoms with Crippen LogP contribution in [0.15, 0.2) is 53.9 Å². The fourth-order valence-corrected chi connectivity index (χ4v) is 2.84. The molecule has 0 aromatic heterocycles. The maximum atomic E-state index is 12.6. The summed E-state index contributed by atoms with van der Waals surface area (Å²) in [5.74, 6) is -0.963. The van der Waals surface area contributed by atoms with Gasteiger partial charge < -0.3 is 10.6 Å². The number of benzene rings is 2. The molecule has 2 aromatic carbocycles. The molecule has 1 heterocycles. The lowest BCUT2D eigenvalue weighted by atomic mass is 10.0. The van der Waals surface area contributed by atoms with Gasteiger partial charge in [0.2, 0.25) is 5.78 Å². The van der Waals surface area contributed by atoms with Crippen molar-refractivity contribution in [2.45, 2.75) is 0 Å². The molecule has 0 aliphatic carbocycles. The van der Waals surface area contributed by atoms with E-state index in [-0.39, 0.29) is 27.0 Å². The molecule has 1 amide bonds. The number of ketones is 1. The quantitative estimate of drug-likeness (QED) is 0.486. The third-order valence-corrected chi connectivity index (χ3v) is 3.82. The molecule has 0 spiro atoms. The maximum absolute atomic E-state index is 12.6. The molecular formula is C17H9Cl2N3O2. The van der Waals surface area contributed by atoms with Crippen LogP contribution in [0.25, 0.3) is 0 Å². The number of anilines is 1. The van der Waals surface area contributed by atoms with Gasteiger partial charge in [-0.15, -0.1) is 0 Å². The van der Waals surface area contributed by atoms with Gasteiger partial charge in [0.25, 0.3) is 5.91 Å². The Morgan fingerprint density at radius 3 is 2.38 bits per heavy atom. The van der Waals surface area contributed by atoms with E-state index in [0.29, 0.717) is 11.3 Å². The van der Waals surface area contributed by atoms with Gasteiger partial charge in [0.05, 0.1) is 11.3 Å². The van der Waals surface area contributed by atoms with Crippen LogP contribution in [0.1, 0.15) is 20.7 Å². The van der Waals surface area contributed by atoms with E-state index in [9.17, 15) is 14.9 Å². The summed E-state index contributed by atoms with van der Waals surface area (Å²) >= 11 is 11.8. The first kappa shape index (κ1) is 16.1. The highest BCUT2D eigenvalue weighted by Gasteiger charge is 2.25. The van der Waals surface area contributed by atoms with Gasteiger partial charge in [0.1, 0.15) is 17.5 Å². The van der Waals surface area contributed by atoms with E-state index in [1.165, 1.54) is 18.2 Å².